The van der Waals surface area contributed by atoms with Crippen LogP contribution in [-0.2, 0) is 0 Å². The van der Waals surface area contributed by atoms with Crippen LogP contribution in [0, 0.1) is 0 Å². The molecular formula is C16H26N2O. The molecular weight excluding hydrogens is 236 g/mol. The average Bonchev–Trinajstić information content (AvgIpc) is 2.88. The van der Waals surface area contributed by atoms with Crippen molar-refractivity contribution < 1.29 is 4.74 Å². The summed E-state index contributed by atoms with van der Waals surface area (Å²) in [4.78, 5) is 2.44. The smallest absolute Gasteiger partial charge is 0.144 e. The maximum atomic E-state index is 6.31. The highest BCUT2D eigenvalue weighted by Gasteiger charge is 2.23. The summed E-state index contributed by atoms with van der Waals surface area (Å²) < 4.78 is 5.79. The number of ether oxygens (including phenoxy) is 1. The van der Waals surface area contributed by atoms with Crippen molar-refractivity contribution in [2.24, 2.45) is 0 Å². The number of para-hydroxylation sites is 1. The van der Waals surface area contributed by atoms with Gasteiger partial charge in [0.2, 0.25) is 0 Å². The van der Waals surface area contributed by atoms with Gasteiger partial charge in [0, 0.05) is 12.6 Å². The largest absolute Gasteiger partial charge is 0.489 e. The number of anilines is 2. The fraction of sp³-hybridized carbons (Fsp3) is 0.625. The van der Waals surface area contributed by atoms with Crippen LogP contribution in [0.25, 0.3) is 0 Å². The molecule has 0 radical (unpaired) electrons. The molecule has 0 spiro atoms. The normalized spacial score (nSPS) is 16.0. The third-order valence-corrected chi connectivity index (χ3v) is 3.82. The van der Waals surface area contributed by atoms with Crippen LogP contribution in [0.2, 0.25) is 0 Å². The zero-order valence-electron chi connectivity index (χ0n) is 12.4. The van der Waals surface area contributed by atoms with Gasteiger partial charge in [0.1, 0.15) is 5.75 Å². The molecule has 1 aromatic carbocycles. The molecule has 1 fully saturated rings. The molecule has 0 heterocycles. The molecule has 19 heavy (non-hydrogen) atoms. The van der Waals surface area contributed by atoms with Crippen LogP contribution in [0.4, 0.5) is 11.4 Å². The van der Waals surface area contributed by atoms with Crippen LogP contribution in [0.1, 0.15) is 46.5 Å². The first kappa shape index (κ1) is 14.0. The molecule has 3 nitrogen and oxygen atoms in total. The summed E-state index contributed by atoms with van der Waals surface area (Å²) >= 11 is 0. The van der Waals surface area contributed by atoms with E-state index in [9.17, 15) is 0 Å². The lowest BCUT2D eigenvalue weighted by atomic mass is 10.1. The van der Waals surface area contributed by atoms with Crippen molar-refractivity contribution in [1.82, 2.24) is 0 Å². The van der Waals surface area contributed by atoms with Crippen LogP contribution < -0.4 is 15.4 Å². The van der Waals surface area contributed by atoms with Crippen molar-refractivity contribution in [3.05, 3.63) is 18.2 Å². The number of nitrogens with zero attached hydrogens (tertiary/aromatic N) is 1. The predicted molar refractivity (Wildman–Crippen MR) is 81.9 cm³/mol. The van der Waals surface area contributed by atoms with Crippen LogP contribution in [-0.4, -0.2) is 18.7 Å². The fourth-order valence-electron chi connectivity index (χ4n) is 2.98. The second-order valence-electron chi connectivity index (χ2n) is 5.58. The van der Waals surface area contributed by atoms with E-state index in [4.69, 9.17) is 10.5 Å². The Morgan fingerprint density at radius 1 is 1.32 bits per heavy atom. The Hall–Kier alpha value is -1.38. The van der Waals surface area contributed by atoms with Crippen molar-refractivity contribution in [3.8, 4) is 5.75 Å². The van der Waals surface area contributed by atoms with Crippen molar-refractivity contribution in [3.63, 3.8) is 0 Å². The molecule has 0 saturated heterocycles. The molecule has 3 heteroatoms. The van der Waals surface area contributed by atoms with E-state index in [-0.39, 0.29) is 6.10 Å². The van der Waals surface area contributed by atoms with E-state index in [2.05, 4.69) is 17.9 Å². The minimum absolute atomic E-state index is 0.152. The predicted octanol–water partition coefficient (Wildman–Crippen LogP) is 3.82. The number of hydrogen-bond donors (Lipinski definition) is 1. The van der Waals surface area contributed by atoms with Gasteiger partial charge in [-0.1, -0.05) is 18.9 Å². The minimum Gasteiger partial charge on any atom is -0.489 e. The number of hydrogen-bond acceptors (Lipinski definition) is 3. The van der Waals surface area contributed by atoms with Crippen LogP contribution in [0.5, 0.6) is 5.75 Å². The van der Waals surface area contributed by atoms with E-state index >= 15 is 0 Å². The molecule has 1 aromatic rings. The molecule has 0 unspecified atom stereocenters. The molecule has 2 N–H and O–H groups in total. The van der Waals surface area contributed by atoms with Crippen molar-refractivity contribution in [1.29, 1.82) is 0 Å². The molecule has 0 atom stereocenters. The summed E-state index contributed by atoms with van der Waals surface area (Å²) in [6, 6.07) is 6.76. The van der Waals surface area contributed by atoms with E-state index in [1.54, 1.807) is 0 Å². The summed E-state index contributed by atoms with van der Waals surface area (Å²) in [5, 5.41) is 0. The zero-order chi connectivity index (χ0) is 13.8. The maximum Gasteiger partial charge on any atom is 0.144 e. The maximum absolute atomic E-state index is 6.31. The number of rotatable bonds is 5. The fourth-order valence-corrected chi connectivity index (χ4v) is 2.98. The molecule has 2 rings (SSSR count). The Kier molecular flexibility index (Phi) is 4.56. The highest BCUT2D eigenvalue weighted by Crippen LogP contribution is 2.36. The standard InChI is InChI=1S/C16H26N2O/c1-4-18(13-8-5-6-9-13)14-10-7-11-15(16(14)17)19-12(2)3/h7,10-13H,4-6,8-9,17H2,1-3H3. The summed E-state index contributed by atoms with van der Waals surface area (Å²) in [5.74, 6) is 0.809. The monoisotopic (exact) mass is 262 g/mol. The number of nitrogen functional groups attached to an aromatic ring is 1. The van der Waals surface area contributed by atoms with Gasteiger partial charge in [0.05, 0.1) is 17.5 Å². The van der Waals surface area contributed by atoms with Crippen LogP contribution in [0.15, 0.2) is 18.2 Å². The van der Waals surface area contributed by atoms with Gasteiger partial charge < -0.3 is 15.4 Å². The lowest BCUT2D eigenvalue weighted by molar-refractivity contribution is 0.244. The molecule has 1 saturated carbocycles. The van der Waals surface area contributed by atoms with Gasteiger partial charge in [0.15, 0.2) is 0 Å². The first-order chi connectivity index (χ1) is 9.13. The van der Waals surface area contributed by atoms with Crippen molar-refractivity contribution in [2.45, 2.75) is 58.6 Å². The lowest BCUT2D eigenvalue weighted by Crippen LogP contribution is -2.33. The number of benzene rings is 1. The third-order valence-electron chi connectivity index (χ3n) is 3.82. The highest BCUT2D eigenvalue weighted by molar-refractivity contribution is 5.74. The second-order valence-corrected chi connectivity index (χ2v) is 5.58. The van der Waals surface area contributed by atoms with E-state index < -0.39 is 0 Å². The molecule has 1 aliphatic carbocycles. The molecule has 0 aromatic heterocycles. The number of nitrogens with two attached hydrogens (primary N) is 1. The summed E-state index contributed by atoms with van der Waals surface area (Å²) in [5.41, 5.74) is 8.22. The van der Waals surface area contributed by atoms with E-state index in [0.29, 0.717) is 6.04 Å². The first-order valence-electron chi connectivity index (χ1n) is 7.45. The Balaban J connectivity index is 2.26. The molecule has 0 bridgehead atoms. The van der Waals surface area contributed by atoms with Crippen molar-refractivity contribution in [2.75, 3.05) is 17.2 Å². The summed E-state index contributed by atoms with van der Waals surface area (Å²) in [6.45, 7) is 7.26. The summed E-state index contributed by atoms with van der Waals surface area (Å²) in [6.07, 6.45) is 5.39. The quantitative estimate of drug-likeness (QED) is 0.820. The minimum atomic E-state index is 0.152. The lowest BCUT2D eigenvalue weighted by Gasteiger charge is -2.31. The van der Waals surface area contributed by atoms with Gasteiger partial charge in [-0.3, -0.25) is 0 Å². The first-order valence-corrected chi connectivity index (χ1v) is 7.45. The van der Waals surface area contributed by atoms with Gasteiger partial charge >= 0.3 is 0 Å². The van der Waals surface area contributed by atoms with E-state index in [1.165, 1.54) is 25.7 Å². The van der Waals surface area contributed by atoms with Gasteiger partial charge in [0.25, 0.3) is 0 Å². The van der Waals surface area contributed by atoms with Crippen molar-refractivity contribution >= 4 is 11.4 Å². The highest BCUT2D eigenvalue weighted by atomic mass is 16.5. The SMILES string of the molecule is CCN(c1cccc(OC(C)C)c1N)C1CCCC1. The van der Waals surface area contributed by atoms with Crippen LogP contribution >= 0.6 is 0 Å². The zero-order valence-corrected chi connectivity index (χ0v) is 12.4. The Labute approximate surface area is 116 Å². The Morgan fingerprint density at radius 2 is 2.00 bits per heavy atom. The van der Waals surface area contributed by atoms with Gasteiger partial charge in [-0.05, 0) is 45.7 Å². The van der Waals surface area contributed by atoms with Gasteiger partial charge in [-0.2, -0.15) is 0 Å². The summed E-state index contributed by atoms with van der Waals surface area (Å²) in [7, 11) is 0. The van der Waals surface area contributed by atoms with E-state index in [1.807, 2.05) is 26.0 Å². The second kappa shape index (κ2) is 6.18. The topological polar surface area (TPSA) is 38.5 Å². The van der Waals surface area contributed by atoms with Crippen LogP contribution in [0.3, 0.4) is 0 Å². The molecule has 0 aliphatic heterocycles. The van der Waals surface area contributed by atoms with Gasteiger partial charge in [-0.15, -0.1) is 0 Å². The Morgan fingerprint density at radius 3 is 2.58 bits per heavy atom. The molecule has 0 amide bonds. The molecule has 106 valence electrons. The van der Waals surface area contributed by atoms with E-state index in [0.717, 1.165) is 23.7 Å². The van der Waals surface area contributed by atoms with Gasteiger partial charge in [-0.25, -0.2) is 0 Å². The molecule has 1 aliphatic rings. The average molecular weight is 262 g/mol. The third kappa shape index (κ3) is 3.14. The Bertz CT molecular complexity index is 411.